The SMILES string of the molecule is C[Si]OC(C)[Si](C)c1cccc(N(C)C(=O)CC(=O)N(C)c2cccc([Si](C)CC[Si](C)O)c2)c1. The van der Waals surface area contributed by atoms with Gasteiger partial charge < -0.3 is 19.0 Å². The van der Waals surface area contributed by atoms with Gasteiger partial charge in [0.1, 0.15) is 15.2 Å². The molecule has 1 atom stereocenters. The van der Waals surface area contributed by atoms with E-state index in [9.17, 15) is 14.4 Å². The Kier molecular flexibility index (Phi) is 11.8. The van der Waals surface area contributed by atoms with Crippen LogP contribution >= 0.6 is 0 Å². The van der Waals surface area contributed by atoms with E-state index < -0.39 is 26.6 Å². The van der Waals surface area contributed by atoms with Crippen LogP contribution in [0.15, 0.2) is 48.5 Å². The van der Waals surface area contributed by atoms with Gasteiger partial charge in [-0.1, -0.05) is 53.8 Å². The monoisotopic (exact) mass is 541 g/mol. The number of carbonyl (C=O) groups excluding carboxylic acids is 2. The third-order valence-electron chi connectivity index (χ3n) is 6.23. The largest absolute Gasteiger partial charge is 0.432 e. The maximum absolute atomic E-state index is 13.0. The molecule has 5 radical (unpaired) electrons. The summed E-state index contributed by atoms with van der Waals surface area (Å²) in [7, 11) is 0.972. The van der Waals surface area contributed by atoms with Crippen molar-refractivity contribution in [2.45, 2.75) is 57.3 Å². The molecule has 0 fully saturated rings. The highest BCUT2D eigenvalue weighted by Gasteiger charge is 2.22. The van der Waals surface area contributed by atoms with E-state index in [1.807, 2.05) is 49.5 Å². The highest BCUT2D eigenvalue weighted by Crippen LogP contribution is 2.16. The van der Waals surface area contributed by atoms with Gasteiger partial charge in [-0.05, 0) is 50.3 Å². The maximum atomic E-state index is 13.0. The number of carbonyl (C=O) groups is 2. The standard InChI is InChI=1S/C25H37N2O4Si4/c1-19(31-32-4)35(7)23-13-9-11-21(17-23)27(3)25(29)18-24(28)26(2)20-10-8-12-22(16-20)33(5)14-15-34(6)30/h8-13,16-17,19,30H,14-15,18H2,1-7H3. The molecule has 1 N–H and O–H groups in total. The predicted octanol–water partition coefficient (Wildman–Crippen LogP) is 2.59. The van der Waals surface area contributed by atoms with E-state index in [0.29, 0.717) is 9.76 Å². The molecule has 2 amide bonds. The van der Waals surface area contributed by atoms with Crippen LogP contribution in [0.5, 0.6) is 0 Å². The van der Waals surface area contributed by atoms with Gasteiger partial charge in [-0.15, -0.1) is 0 Å². The van der Waals surface area contributed by atoms with E-state index in [1.165, 1.54) is 10.4 Å². The zero-order chi connectivity index (χ0) is 26.1. The number of hydrogen-bond donors (Lipinski definition) is 1. The van der Waals surface area contributed by atoms with Crippen molar-refractivity contribution in [3.05, 3.63) is 48.5 Å². The van der Waals surface area contributed by atoms with Crippen LogP contribution in [-0.2, 0) is 14.0 Å². The lowest BCUT2D eigenvalue weighted by atomic mass is 10.2. The Labute approximate surface area is 218 Å². The topological polar surface area (TPSA) is 70.1 Å². The van der Waals surface area contributed by atoms with Crippen molar-refractivity contribution in [2.75, 3.05) is 23.9 Å². The van der Waals surface area contributed by atoms with E-state index in [4.69, 9.17) is 4.43 Å². The summed E-state index contributed by atoms with van der Waals surface area (Å²) in [6, 6.07) is 17.9. The summed E-state index contributed by atoms with van der Waals surface area (Å²) >= 11 is 0. The molecule has 10 heteroatoms. The van der Waals surface area contributed by atoms with Crippen molar-refractivity contribution >= 4 is 70.0 Å². The van der Waals surface area contributed by atoms with Crippen LogP contribution in [0.1, 0.15) is 13.3 Å². The molecule has 35 heavy (non-hydrogen) atoms. The van der Waals surface area contributed by atoms with Crippen molar-refractivity contribution in [2.24, 2.45) is 0 Å². The molecule has 0 aliphatic carbocycles. The summed E-state index contributed by atoms with van der Waals surface area (Å²) in [5, 5.41) is 2.43. The second kappa shape index (κ2) is 14.0. The highest BCUT2D eigenvalue weighted by molar-refractivity contribution is 6.73. The first kappa shape index (κ1) is 29.4. The second-order valence-corrected chi connectivity index (χ2v) is 16.9. The number of amides is 2. The molecule has 2 rings (SSSR count). The minimum atomic E-state index is -1.22. The summed E-state index contributed by atoms with van der Waals surface area (Å²) in [6.45, 7) is 10.5. The molecular formula is C25H37N2O4Si4. The quantitative estimate of drug-likeness (QED) is 0.331. The van der Waals surface area contributed by atoms with E-state index in [2.05, 4.69) is 32.2 Å². The normalized spacial score (nSPS) is 12.3. The Bertz CT molecular complexity index is 991. The van der Waals surface area contributed by atoms with Crippen LogP contribution in [0.4, 0.5) is 11.4 Å². The van der Waals surface area contributed by atoms with Gasteiger partial charge in [-0.3, -0.25) is 9.59 Å². The third kappa shape index (κ3) is 8.65. The third-order valence-corrected chi connectivity index (χ3v) is 13.4. The van der Waals surface area contributed by atoms with Gasteiger partial charge in [0.2, 0.25) is 30.6 Å². The van der Waals surface area contributed by atoms with Crippen molar-refractivity contribution in [3.8, 4) is 0 Å². The molecule has 0 aliphatic rings. The fourth-order valence-electron chi connectivity index (χ4n) is 3.61. The Morgan fingerprint density at radius 3 is 1.97 bits per heavy atom. The molecule has 6 nitrogen and oxygen atoms in total. The summed E-state index contributed by atoms with van der Waals surface area (Å²) in [6.07, 6.45) is -0.197. The zero-order valence-electron chi connectivity index (χ0n) is 21.9. The lowest BCUT2D eigenvalue weighted by Gasteiger charge is -2.23. The second-order valence-electron chi connectivity index (χ2n) is 8.85. The summed E-state index contributed by atoms with van der Waals surface area (Å²) in [4.78, 5) is 38.8. The van der Waals surface area contributed by atoms with Crippen molar-refractivity contribution < 1.29 is 18.8 Å². The van der Waals surface area contributed by atoms with Crippen LogP contribution in [0.3, 0.4) is 0 Å². The lowest BCUT2D eigenvalue weighted by Crippen LogP contribution is -2.40. The maximum Gasteiger partial charge on any atom is 0.236 e. The van der Waals surface area contributed by atoms with E-state index >= 15 is 0 Å². The molecule has 187 valence electrons. The molecule has 0 heterocycles. The first-order valence-electron chi connectivity index (χ1n) is 11.8. The molecule has 1 unspecified atom stereocenters. The Morgan fingerprint density at radius 1 is 0.943 bits per heavy atom. The van der Waals surface area contributed by atoms with Gasteiger partial charge in [0, 0.05) is 31.2 Å². The summed E-state index contributed by atoms with van der Waals surface area (Å²) in [5.74, 6) is -0.471. The predicted molar refractivity (Wildman–Crippen MR) is 152 cm³/mol. The number of rotatable bonds is 12. The first-order chi connectivity index (χ1) is 16.5. The minimum Gasteiger partial charge on any atom is -0.432 e. The fraction of sp³-hybridized carbons (Fsp3) is 0.440. The van der Waals surface area contributed by atoms with E-state index in [1.54, 1.807) is 23.9 Å². The van der Waals surface area contributed by atoms with Crippen molar-refractivity contribution in [1.82, 2.24) is 0 Å². The number of anilines is 2. The van der Waals surface area contributed by atoms with Gasteiger partial charge >= 0.3 is 0 Å². The van der Waals surface area contributed by atoms with Crippen LogP contribution in [-0.4, -0.2) is 72.8 Å². The van der Waals surface area contributed by atoms with Crippen LogP contribution in [0, 0.1) is 0 Å². The summed E-state index contributed by atoms with van der Waals surface area (Å²) < 4.78 is 5.81. The van der Waals surface area contributed by atoms with Crippen LogP contribution in [0.25, 0.3) is 0 Å². The lowest BCUT2D eigenvalue weighted by molar-refractivity contribution is -0.126. The van der Waals surface area contributed by atoms with Crippen molar-refractivity contribution in [1.29, 1.82) is 0 Å². The first-order valence-corrected chi connectivity index (χ1v) is 19.6. The molecular weight excluding hydrogens is 505 g/mol. The molecule has 0 saturated heterocycles. The smallest absolute Gasteiger partial charge is 0.236 e. The Balaban J connectivity index is 2.06. The molecule has 0 bridgehead atoms. The van der Waals surface area contributed by atoms with Gasteiger partial charge in [-0.25, -0.2) is 0 Å². The number of nitrogens with zero attached hydrogens (tertiary/aromatic N) is 2. The average molecular weight is 542 g/mol. The van der Waals surface area contributed by atoms with E-state index in [-0.39, 0.29) is 24.0 Å². The van der Waals surface area contributed by atoms with Crippen molar-refractivity contribution in [3.63, 3.8) is 0 Å². The van der Waals surface area contributed by atoms with E-state index in [0.717, 1.165) is 23.5 Å². The molecule has 0 saturated carbocycles. The van der Waals surface area contributed by atoms with Gasteiger partial charge in [0.25, 0.3) is 0 Å². The molecule has 0 aliphatic heterocycles. The number of benzene rings is 2. The zero-order valence-corrected chi connectivity index (χ0v) is 25.9. The molecule has 2 aromatic carbocycles. The fourth-order valence-corrected chi connectivity index (χ4v) is 10.2. The van der Waals surface area contributed by atoms with Gasteiger partial charge in [0.15, 0.2) is 0 Å². The van der Waals surface area contributed by atoms with Crippen LogP contribution in [0.2, 0.25) is 38.3 Å². The Morgan fingerprint density at radius 2 is 1.46 bits per heavy atom. The molecule has 0 aromatic heterocycles. The molecule has 0 spiro atoms. The van der Waals surface area contributed by atoms with Gasteiger partial charge in [-0.2, -0.15) is 0 Å². The molecule has 2 aromatic rings. The average Bonchev–Trinajstić information content (AvgIpc) is 2.85. The highest BCUT2D eigenvalue weighted by atomic mass is 28.3. The minimum absolute atomic E-state index is 0.184. The van der Waals surface area contributed by atoms with Gasteiger partial charge in [0.05, 0.1) is 8.80 Å². The Hall–Kier alpha value is -1.83. The number of hydrogen-bond acceptors (Lipinski definition) is 4. The summed E-state index contributed by atoms with van der Waals surface area (Å²) in [5.41, 5.74) is 1.77. The van der Waals surface area contributed by atoms with Crippen LogP contribution < -0.4 is 20.2 Å².